The Kier molecular flexibility index (Phi) is 5.44. The Morgan fingerprint density at radius 3 is 2.65 bits per heavy atom. The molecule has 1 unspecified atom stereocenters. The van der Waals surface area contributed by atoms with Crippen molar-refractivity contribution >= 4 is 10.0 Å². The third kappa shape index (κ3) is 4.30. The maximum atomic E-state index is 12.2. The van der Waals surface area contributed by atoms with Crippen LogP contribution in [0.3, 0.4) is 0 Å². The number of nitrogens with zero attached hydrogens (tertiary/aromatic N) is 1. The van der Waals surface area contributed by atoms with Crippen molar-refractivity contribution in [2.45, 2.75) is 44.4 Å². The minimum absolute atomic E-state index is 0.171. The van der Waals surface area contributed by atoms with Gasteiger partial charge in [0, 0.05) is 19.1 Å². The lowest BCUT2D eigenvalue weighted by molar-refractivity contribution is 0.434. The van der Waals surface area contributed by atoms with Crippen LogP contribution in [0.1, 0.15) is 33.1 Å². The first-order chi connectivity index (χ1) is 8.02. The van der Waals surface area contributed by atoms with Crippen molar-refractivity contribution in [1.82, 2.24) is 9.62 Å². The fourth-order valence-electron chi connectivity index (χ4n) is 1.63. The summed E-state index contributed by atoms with van der Waals surface area (Å²) in [6.07, 6.45) is 8.32. The van der Waals surface area contributed by atoms with Crippen LogP contribution in [0.15, 0.2) is 0 Å². The van der Waals surface area contributed by atoms with Gasteiger partial charge in [0.05, 0.1) is 11.8 Å². The molecule has 0 spiro atoms. The van der Waals surface area contributed by atoms with Gasteiger partial charge in [-0.25, -0.2) is 8.42 Å². The quantitative estimate of drug-likeness (QED) is 0.655. The van der Waals surface area contributed by atoms with E-state index in [1.54, 1.807) is 6.92 Å². The maximum absolute atomic E-state index is 12.2. The van der Waals surface area contributed by atoms with Crippen molar-refractivity contribution < 1.29 is 8.42 Å². The van der Waals surface area contributed by atoms with Crippen LogP contribution in [0, 0.1) is 12.3 Å². The third-order valence-electron chi connectivity index (χ3n) is 2.88. The van der Waals surface area contributed by atoms with Crippen molar-refractivity contribution in [2.24, 2.45) is 0 Å². The molecule has 0 aromatic carbocycles. The number of hydrogen-bond donors (Lipinski definition) is 1. The van der Waals surface area contributed by atoms with Gasteiger partial charge in [0.25, 0.3) is 0 Å². The Hall–Kier alpha value is -0.570. The standard InChI is InChI=1S/C12H22N2O2S/c1-4-8-14(9-5-2)17(15,16)11(3)10-13-12-6-7-12/h1,11-13H,5-10H2,2-3H3. The monoisotopic (exact) mass is 258 g/mol. The van der Waals surface area contributed by atoms with Crippen LogP contribution >= 0.6 is 0 Å². The molecule has 1 rings (SSSR count). The lowest BCUT2D eigenvalue weighted by Gasteiger charge is -2.23. The number of hydrogen-bond acceptors (Lipinski definition) is 3. The van der Waals surface area contributed by atoms with Gasteiger partial charge in [-0.3, -0.25) is 0 Å². The highest BCUT2D eigenvalue weighted by molar-refractivity contribution is 7.89. The Morgan fingerprint density at radius 1 is 1.53 bits per heavy atom. The van der Waals surface area contributed by atoms with Crippen molar-refractivity contribution in [2.75, 3.05) is 19.6 Å². The highest BCUT2D eigenvalue weighted by Crippen LogP contribution is 2.19. The summed E-state index contributed by atoms with van der Waals surface area (Å²) in [6, 6.07) is 0.528. The Labute approximate surface area is 105 Å². The topological polar surface area (TPSA) is 49.4 Å². The van der Waals surface area contributed by atoms with E-state index in [0.29, 0.717) is 19.1 Å². The molecule has 1 saturated carbocycles. The fourth-order valence-corrected chi connectivity index (χ4v) is 3.13. The molecule has 0 heterocycles. The molecular weight excluding hydrogens is 236 g/mol. The predicted octanol–water partition coefficient (Wildman–Crippen LogP) is 0.802. The van der Waals surface area contributed by atoms with Crippen molar-refractivity contribution in [1.29, 1.82) is 0 Å². The summed E-state index contributed by atoms with van der Waals surface area (Å²) in [6.45, 7) is 4.87. The van der Waals surface area contributed by atoms with E-state index in [-0.39, 0.29) is 6.54 Å². The molecule has 0 bridgehead atoms. The maximum Gasteiger partial charge on any atom is 0.218 e. The summed E-state index contributed by atoms with van der Waals surface area (Å²) >= 11 is 0. The molecule has 5 heteroatoms. The zero-order valence-corrected chi connectivity index (χ0v) is 11.5. The molecule has 0 aromatic rings. The van der Waals surface area contributed by atoms with Crippen molar-refractivity contribution in [3.63, 3.8) is 0 Å². The van der Waals surface area contributed by atoms with Gasteiger partial charge in [-0.15, -0.1) is 6.42 Å². The molecule has 1 N–H and O–H groups in total. The van der Waals surface area contributed by atoms with Crippen LogP contribution in [0.5, 0.6) is 0 Å². The second kappa shape index (κ2) is 6.39. The molecule has 1 aliphatic carbocycles. The third-order valence-corrected chi connectivity index (χ3v) is 5.10. The SMILES string of the molecule is C#CCN(CCC)S(=O)(=O)C(C)CNC1CC1. The molecule has 1 aliphatic rings. The molecular formula is C12H22N2O2S. The molecule has 1 fully saturated rings. The largest absolute Gasteiger partial charge is 0.313 e. The van der Waals surface area contributed by atoms with Gasteiger partial charge in [0.2, 0.25) is 10.0 Å². The highest BCUT2D eigenvalue weighted by Gasteiger charge is 2.29. The molecule has 0 radical (unpaired) electrons. The van der Waals surface area contributed by atoms with E-state index < -0.39 is 15.3 Å². The first-order valence-electron chi connectivity index (χ1n) is 6.18. The average molecular weight is 258 g/mol. The van der Waals surface area contributed by atoms with Crippen molar-refractivity contribution in [3.05, 3.63) is 0 Å². The van der Waals surface area contributed by atoms with Gasteiger partial charge in [-0.05, 0) is 26.2 Å². The van der Waals surface area contributed by atoms with Crippen LogP contribution in [0.25, 0.3) is 0 Å². The highest BCUT2D eigenvalue weighted by atomic mass is 32.2. The van der Waals surface area contributed by atoms with Gasteiger partial charge < -0.3 is 5.32 Å². The van der Waals surface area contributed by atoms with E-state index in [1.807, 2.05) is 6.92 Å². The van der Waals surface area contributed by atoms with E-state index in [2.05, 4.69) is 11.2 Å². The molecule has 0 aliphatic heterocycles. The summed E-state index contributed by atoms with van der Waals surface area (Å²) in [5.41, 5.74) is 0. The number of sulfonamides is 1. The van der Waals surface area contributed by atoms with Crippen LogP contribution in [-0.2, 0) is 10.0 Å². The molecule has 0 aromatic heterocycles. The van der Waals surface area contributed by atoms with Crippen LogP contribution in [-0.4, -0.2) is 43.6 Å². The number of rotatable bonds is 8. The summed E-state index contributed by atoms with van der Waals surface area (Å²) in [7, 11) is -3.26. The van der Waals surface area contributed by atoms with E-state index >= 15 is 0 Å². The Bertz CT molecular complexity index is 368. The van der Waals surface area contributed by atoms with E-state index in [9.17, 15) is 8.42 Å². The second-order valence-corrected chi connectivity index (χ2v) is 6.93. The molecule has 4 nitrogen and oxygen atoms in total. The summed E-state index contributed by atoms with van der Waals surface area (Å²) < 4.78 is 25.9. The average Bonchev–Trinajstić information content (AvgIpc) is 3.09. The first-order valence-corrected chi connectivity index (χ1v) is 7.68. The minimum atomic E-state index is -3.26. The Morgan fingerprint density at radius 2 is 2.18 bits per heavy atom. The van der Waals surface area contributed by atoms with E-state index in [0.717, 1.165) is 19.3 Å². The molecule has 0 saturated heterocycles. The van der Waals surface area contributed by atoms with E-state index in [1.165, 1.54) is 4.31 Å². The normalized spacial score (nSPS) is 18.0. The van der Waals surface area contributed by atoms with Gasteiger partial charge in [0.1, 0.15) is 0 Å². The number of terminal acetylenes is 1. The first kappa shape index (κ1) is 14.5. The second-order valence-electron chi connectivity index (χ2n) is 4.58. The van der Waals surface area contributed by atoms with E-state index in [4.69, 9.17) is 6.42 Å². The minimum Gasteiger partial charge on any atom is -0.313 e. The van der Waals surface area contributed by atoms with Crippen molar-refractivity contribution in [3.8, 4) is 12.3 Å². The molecule has 0 amide bonds. The summed E-state index contributed by atoms with van der Waals surface area (Å²) in [5, 5.41) is 2.83. The van der Waals surface area contributed by atoms with Gasteiger partial charge in [-0.1, -0.05) is 12.8 Å². The van der Waals surface area contributed by atoms with Crippen LogP contribution in [0.2, 0.25) is 0 Å². The Balaban J connectivity index is 2.57. The van der Waals surface area contributed by atoms with Crippen LogP contribution < -0.4 is 5.32 Å². The zero-order valence-electron chi connectivity index (χ0n) is 10.6. The molecule has 1 atom stereocenters. The summed E-state index contributed by atoms with van der Waals surface area (Å²) in [5.74, 6) is 2.42. The molecule has 17 heavy (non-hydrogen) atoms. The smallest absolute Gasteiger partial charge is 0.218 e. The predicted molar refractivity (Wildman–Crippen MR) is 70.1 cm³/mol. The number of nitrogens with one attached hydrogen (secondary N) is 1. The summed E-state index contributed by atoms with van der Waals surface area (Å²) in [4.78, 5) is 0. The zero-order chi connectivity index (χ0) is 12.9. The molecule has 98 valence electrons. The lowest BCUT2D eigenvalue weighted by Crippen LogP contribution is -2.43. The van der Waals surface area contributed by atoms with Gasteiger partial charge >= 0.3 is 0 Å². The van der Waals surface area contributed by atoms with Gasteiger partial charge in [-0.2, -0.15) is 4.31 Å². The fraction of sp³-hybridized carbons (Fsp3) is 0.833. The van der Waals surface area contributed by atoms with Gasteiger partial charge in [0.15, 0.2) is 0 Å². The lowest BCUT2D eigenvalue weighted by atomic mass is 10.4. The van der Waals surface area contributed by atoms with Crippen LogP contribution in [0.4, 0.5) is 0 Å².